The zero-order chi connectivity index (χ0) is 13.9. The van der Waals surface area contributed by atoms with E-state index in [4.69, 9.17) is 4.74 Å². The van der Waals surface area contributed by atoms with E-state index >= 15 is 0 Å². The van der Waals surface area contributed by atoms with Gasteiger partial charge in [0, 0.05) is 19.2 Å². The second-order valence-corrected chi connectivity index (χ2v) is 5.04. The zero-order valence-electron chi connectivity index (χ0n) is 11.5. The SMILES string of the molecule is CN(C(=O)C[C@H]1Cc2ccccc2O1)c1ccccc1. The molecule has 1 atom stereocenters. The Morgan fingerprint density at radius 2 is 1.85 bits per heavy atom. The van der Waals surface area contributed by atoms with Crippen molar-refractivity contribution in [3.63, 3.8) is 0 Å². The van der Waals surface area contributed by atoms with Crippen LogP contribution in [0.5, 0.6) is 5.75 Å². The molecule has 3 nitrogen and oxygen atoms in total. The van der Waals surface area contributed by atoms with Gasteiger partial charge in [-0.3, -0.25) is 4.79 Å². The Hall–Kier alpha value is -2.29. The largest absolute Gasteiger partial charge is 0.489 e. The molecule has 1 heterocycles. The van der Waals surface area contributed by atoms with Crippen LogP contribution in [0.25, 0.3) is 0 Å². The number of benzene rings is 2. The van der Waals surface area contributed by atoms with E-state index in [-0.39, 0.29) is 12.0 Å². The first-order chi connectivity index (χ1) is 9.74. The van der Waals surface area contributed by atoms with Crippen molar-refractivity contribution in [2.75, 3.05) is 11.9 Å². The van der Waals surface area contributed by atoms with Crippen molar-refractivity contribution in [1.29, 1.82) is 0 Å². The Kier molecular flexibility index (Phi) is 3.42. The molecule has 0 saturated carbocycles. The molecule has 1 amide bonds. The molecule has 0 unspecified atom stereocenters. The van der Waals surface area contributed by atoms with Crippen LogP contribution in [0.2, 0.25) is 0 Å². The molecule has 0 aliphatic carbocycles. The third-order valence-electron chi connectivity index (χ3n) is 3.63. The maximum absolute atomic E-state index is 12.3. The summed E-state index contributed by atoms with van der Waals surface area (Å²) in [5, 5.41) is 0. The van der Waals surface area contributed by atoms with Gasteiger partial charge in [0.15, 0.2) is 0 Å². The fourth-order valence-corrected chi connectivity index (χ4v) is 2.50. The predicted molar refractivity (Wildman–Crippen MR) is 79.0 cm³/mol. The zero-order valence-corrected chi connectivity index (χ0v) is 11.5. The highest BCUT2D eigenvalue weighted by atomic mass is 16.5. The fourth-order valence-electron chi connectivity index (χ4n) is 2.50. The summed E-state index contributed by atoms with van der Waals surface area (Å²) in [6.07, 6.45) is 1.16. The minimum Gasteiger partial charge on any atom is -0.489 e. The number of ether oxygens (including phenoxy) is 1. The van der Waals surface area contributed by atoms with E-state index in [0.717, 1.165) is 17.9 Å². The minimum atomic E-state index is -0.0499. The Bertz CT molecular complexity index is 584. The molecule has 0 aromatic heterocycles. The van der Waals surface area contributed by atoms with E-state index in [0.29, 0.717) is 6.42 Å². The lowest BCUT2D eigenvalue weighted by Gasteiger charge is -2.19. The van der Waals surface area contributed by atoms with Crippen molar-refractivity contribution in [3.8, 4) is 5.75 Å². The van der Waals surface area contributed by atoms with Gasteiger partial charge >= 0.3 is 0 Å². The van der Waals surface area contributed by atoms with Crippen LogP contribution in [0.4, 0.5) is 5.69 Å². The number of para-hydroxylation sites is 2. The molecule has 0 bridgehead atoms. The first-order valence-electron chi connectivity index (χ1n) is 6.80. The Morgan fingerprint density at radius 3 is 2.60 bits per heavy atom. The van der Waals surface area contributed by atoms with Gasteiger partial charge in [0.25, 0.3) is 0 Å². The van der Waals surface area contributed by atoms with Crippen LogP contribution < -0.4 is 9.64 Å². The molecule has 20 heavy (non-hydrogen) atoms. The number of hydrogen-bond acceptors (Lipinski definition) is 2. The van der Waals surface area contributed by atoms with Crippen LogP contribution in [0.3, 0.4) is 0 Å². The molecule has 3 rings (SSSR count). The lowest BCUT2D eigenvalue weighted by molar-refractivity contribution is -0.119. The Morgan fingerprint density at radius 1 is 1.15 bits per heavy atom. The van der Waals surface area contributed by atoms with Crippen LogP contribution in [0.1, 0.15) is 12.0 Å². The molecule has 0 fully saturated rings. The van der Waals surface area contributed by atoms with Crippen molar-refractivity contribution in [2.24, 2.45) is 0 Å². The van der Waals surface area contributed by atoms with Gasteiger partial charge in [0.1, 0.15) is 11.9 Å². The van der Waals surface area contributed by atoms with Crippen molar-refractivity contribution < 1.29 is 9.53 Å². The van der Waals surface area contributed by atoms with Gasteiger partial charge in [-0.2, -0.15) is 0 Å². The summed E-state index contributed by atoms with van der Waals surface area (Å²) >= 11 is 0. The Balaban J connectivity index is 1.64. The first kappa shape index (κ1) is 12.7. The van der Waals surface area contributed by atoms with Crippen molar-refractivity contribution in [1.82, 2.24) is 0 Å². The molecule has 0 spiro atoms. The number of fused-ring (bicyclic) bond motifs is 1. The number of nitrogens with zero attached hydrogens (tertiary/aromatic N) is 1. The monoisotopic (exact) mass is 267 g/mol. The van der Waals surface area contributed by atoms with Crippen molar-refractivity contribution in [2.45, 2.75) is 18.9 Å². The lowest BCUT2D eigenvalue weighted by atomic mass is 10.1. The standard InChI is InChI=1S/C17H17NO2/c1-18(14-8-3-2-4-9-14)17(19)12-15-11-13-7-5-6-10-16(13)20-15/h2-10,15H,11-12H2,1H3/t15-/m1/s1. The second kappa shape index (κ2) is 5.37. The van der Waals surface area contributed by atoms with E-state index in [2.05, 4.69) is 6.07 Å². The van der Waals surface area contributed by atoms with Crippen LogP contribution in [0.15, 0.2) is 54.6 Å². The van der Waals surface area contributed by atoms with E-state index in [1.807, 2.05) is 48.5 Å². The Labute approximate surface area is 118 Å². The predicted octanol–water partition coefficient (Wildman–Crippen LogP) is 3.04. The molecule has 1 aliphatic rings. The maximum Gasteiger partial charge on any atom is 0.230 e. The molecule has 0 N–H and O–H groups in total. The molecular weight excluding hydrogens is 250 g/mol. The van der Waals surface area contributed by atoms with Crippen LogP contribution in [-0.2, 0) is 11.2 Å². The van der Waals surface area contributed by atoms with Gasteiger partial charge in [-0.15, -0.1) is 0 Å². The minimum absolute atomic E-state index is 0.0499. The van der Waals surface area contributed by atoms with Gasteiger partial charge < -0.3 is 9.64 Å². The van der Waals surface area contributed by atoms with E-state index < -0.39 is 0 Å². The number of rotatable bonds is 3. The molecule has 3 heteroatoms. The van der Waals surface area contributed by atoms with Crippen molar-refractivity contribution in [3.05, 3.63) is 60.2 Å². The quantitative estimate of drug-likeness (QED) is 0.855. The third-order valence-corrected chi connectivity index (χ3v) is 3.63. The normalized spacial score (nSPS) is 16.4. The maximum atomic E-state index is 12.3. The molecule has 102 valence electrons. The number of anilines is 1. The van der Waals surface area contributed by atoms with Crippen LogP contribution in [-0.4, -0.2) is 19.1 Å². The van der Waals surface area contributed by atoms with Gasteiger partial charge in [0.2, 0.25) is 5.91 Å². The number of carbonyl (C=O) groups is 1. The van der Waals surface area contributed by atoms with E-state index in [9.17, 15) is 4.79 Å². The number of hydrogen-bond donors (Lipinski definition) is 0. The highest BCUT2D eigenvalue weighted by molar-refractivity contribution is 5.93. The highest BCUT2D eigenvalue weighted by Gasteiger charge is 2.26. The first-order valence-corrected chi connectivity index (χ1v) is 6.80. The molecular formula is C17H17NO2. The van der Waals surface area contributed by atoms with Crippen LogP contribution >= 0.6 is 0 Å². The molecule has 0 saturated heterocycles. The molecule has 1 aliphatic heterocycles. The third kappa shape index (κ3) is 2.52. The summed E-state index contributed by atoms with van der Waals surface area (Å²) in [4.78, 5) is 14.0. The van der Waals surface area contributed by atoms with Gasteiger partial charge in [-0.05, 0) is 23.8 Å². The highest BCUT2D eigenvalue weighted by Crippen LogP contribution is 2.29. The number of amides is 1. The summed E-state index contributed by atoms with van der Waals surface area (Å²) in [6, 6.07) is 17.6. The van der Waals surface area contributed by atoms with E-state index in [1.54, 1.807) is 11.9 Å². The topological polar surface area (TPSA) is 29.5 Å². The summed E-state index contributed by atoms with van der Waals surface area (Å²) < 4.78 is 5.82. The van der Waals surface area contributed by atoms with Crippen LogP contribution in [0, 0.1) is 0 Å². The van der Waals surface area contributed by atoms with Gasteiger partial charge in [-0.25, -0.2) is 0 Å². The lowest BCUT2D eigenvalue weighted by Crippen LogP contribution is -2.31. The smallest absolute Gasteiger partial charge is 0.230 e. The average molecular weight is 267 g/mol. The van der Waals surface area contributed by atoms with Gasteiger partial charge in [0.05, 0.1) is 6.42 Å². The summed E-state index contributed by atoms with van der Waals surface area (Å²) in [6.45, 7) is 0. The second-order valence-electron chi connectivity index (χ2n) is 5.04. The van der Waals surface area contributed by atoms with Gasteiger partial charge in [-0.1, -0.05) is 36.4 Å². The molecule has 2 aromatic carbocycles. The average Bonchev–Trinajstić information content (AvgIpc) is 2.89. The fraction of sp³-hybridized carbons (Fsp3) is 0.235. The van der Waals surface area contributed by atoms with E-state index in [1.165, 1.54) is 5.56 Å². The molecule has 2 aromatic rings. The summed E-state index contributed by atoms with van der Waals surface area (Å²) in [7, 11) is 1.81. The number of carbonyl (C=O) groups excluding carboxylic acids is 1. The van der Waals surface area contributed by atoms with Crippen molar-refractivity contribution >= 4 is 11.6 Å². The summed E-state index contributed by atoms with van der Waals surface area (Å²) in [5.74, 6) is 0.988. The summed E-state index contributed by atoms with van der Waals surface area (Å²) in [5.41, 5.74) is 2.10. The molecule has 0 radical (unpaired) electrons.